The number of aromatic nitrogens is 1. The molecule has 2 aromatic heterocycles. The Labute approximate surface area is 200 Å². The Morgan fingerprint density at radius 1 is 1.06 bits per heavy atom. The van der Waals surface area contributed by atoms with Crippen LogP contribution in [0.25, 0.3) is 0 Å². The van der Waals surface area contributed by atoms with Gasteiger partial charge in [0.15, 0.2) is 0 Å². The van der Waals surface area contributed by atoms with Gasteiger partial charge in [-0.3, -0.25) is 14.4 Å². The molecule has 2 aromatic rings. The molecule has 34 heavy (non-hydrogen) atoms. The van der Waals surface area contributed by atoms with Crippen molar-refractivity contribution in [3.05, 3.63) is 57.9 Å². The number of hydrogen-bond acceptors (Lipinski definition) is 5. The molecular formula is C26H35N3O5. The summed E-state index contributed by atoms with van der Waals surface area (Å²) in [5.41, 5.74) is -0.544. The zero-order chi connectivity index (χ0) is 23.9. The molecule has 8 heteroatoms. The third-order valence-corrected chi connectivity index (χ3v) is 6.75. The van der Waals surface area contributed by atoms with Gasteiger partial charge in [-0.1, -0.05) is 32.1 Å². The molecule has 4 rings (SSSR count). The summed E-state index contributed by atoms with van der Waals surface area (Å²) in [6.07, 6.45) is 14.1. The smallest absolute Gasteiger partial charge is 0.259 e. The molecule has 1 aliphatic heterocycles. The van der Waals surface area contributed by atoms with Crippen molar-refractivity contribution in [3.8, 4) is 0 Å². The van der Waals surface area contributed by atoms with Crippen molar-refractivity contribution in [1.82, 2.24) is 14.8 Å². The van der Waals surface area contributed by atoms with Gasteiger partial charge in [0.25, 0.3) is 11.8 Å². The molecule has 2 fully saturated rings. The molecule has 184 valence electrons. The van der Waals surface area contributed by atoms with Gasteiger partial charge in [-0.15, -0.1) is 0 Å². The van der Waals surface area contributed by atoms with Crippen LogP contribution in [-0.4, -0.2) is 47.1 Å². The van der Waals surface area contributed by atoms with E-state index in [2.05, 4.69) is 5.32 Å². The van der Waals surface area contributed by atoms with Crippen molar-refractivity contribution in [2.24, 2.45) is 0 Å². The Hall–Kier alpha value is -2.87. The Balaban J connectivity index is 1.59. The summed E-state index contributed by atoms with van der Waals surface area (Å²) >= 11 is 0. The van der Waals surface area contributed by atoms with Crippen LogP contribution in [0.2, 0.25) is 0 Å². The van der Waals surface area contributed by atoms with E-state index in [0.29, 0.717) is 18.9 Å². The lowest BCUT2D eigenvalue weighted by atomic mass is 9.96. The first-order valence-electron chi connectivity index (χ1n) is 12.5. The van der Waals surface area contributed by atoms with Gasteiger partial charge in [0, 0.05) is 38.6 Å². The number of carbonyl (C=O) groups excluding carboxylic acids is 2. The van der Waals surface area contributed by atoms with Crippen LogP contribution in [-0.2, 0) is 17.8 Å². The summed E-state index contributed by atoms with van der Waals surface area (Å²) in [5.74, 6) is -0.225. The molecule has 0 bridgehead atoms. The first-order valence-corrected chi connectivity index (χ1v) is 12.5. The SMILES string of the molecule is CN(Cc1ccco1)C(=O)c1cn(C[C@H]2CCCO2)cc(C(=O)NC2CCCCCCC2)c1=O. The van der Waals surface area contributed by atoms with Crippen LogP contribution in [0.3, 0.4) is 0 Å². The van der Waals surface area contributed by atoms with Crippen LogP contribution in [0.5, 0.6) is 0 Å². The summed E-state index contributed by atoms with van der Waals surface area (Å²) < 4.78 is 12.8. The molecule has 2 aliphatic rings. The number of nitrogens with zero attached hydrogens (tertiary/aromatic N) is 2. The van der Waals surface area contributed by atoms with E-state index in [9.17, 15) is 14.4 Å². The molecule has 8 nitrogen and oxygen atoms in total. The van der Waals surface area contributed by atoms with Gasteiger partial charge in [0.2, 0.25) is 5.43 Å². The Morgan fingerprint density at radius 2 is 1.79 bits per heavy atom. The lowest BCUT2D eigenvalue weighted by molar-refractivity contribution is 0.0770. The van der Waals surface area contributed by atoms with E-state index in [4.69, 9.17) is 9.15 Å². The van der Waals surface area contributed by atoms with Gasteiger partial charge in [-0.25, -0.2) is 0 Å². The van der Waals surface area contributed by atoms with Crippen molar-refractivity contribution >= 4 is 11.8 Å². The minimum atomic E-state index is -0.539. The Kier molecular flexibility index (Phi) is 8.21. The average Bonchev–Trinajstić information content (AvgIpc) is 3.50. The summed E-state index contributed by atoms with van der Waals surface area (Å²) in [7, 11) is 1.62. The summed E-state index contributed by atoms with van der Waals surface area (Å²) in [6, 6.07) is 3.58. The van der Waals surface area contributed by atoms with E-state index in [0.717, 1.165) is 38.5 Å². The minimum Gasteiger partial charge on any atom is -0.467 e. The van der Waals surface area contributed by atoms with E-state index >= 15 is 0 Å². The third kappa shape index (κ3) is 6.17. The topological polar surface area (TPSA) is 93.8 Å². The van der Waals surface area contributed by atoms with Crippen LogP contribution < -0.4 is 10.7 Å². The maximum absolute atomic E-state index is 13.3. The molecular weight excluding hydrogens is 434 g/mol. The van der Waals surface area contributed by atoms with Crippen LogP contribution >= 0.6 is 0 Å². The number of amides is 2. The molecule has 1 N–H and O–H groups in total. The molecule has 0 spiro atoms. The molecule has 0 unspecified atom stereocenters. The monoisotopic (exact) mass is 469 g/mol. The van der Waals surface area contributed by atoms with E-state index in [-0.39, 0.29) is 29.8 Å². The maximum Gasteiger partial charge on any atom is 0.259 e. The molecule has 1 atom stereocenters. The second kappa shape index (κ2) is 11.5. The van der Waals surface area contributed by atoms with Crippen molar-refractivity contribution in [3.63, 3.8) is 0 Å². The maximum atomic E-state index is 13.3. The molecule has 0 radical (unpaired) electrons. The second-order valence-corrected chi connectivity index (χ2v) is 9.50. The van der Waals surface area contributed by atoms with Crippen LogP contribution in [0, 0.1) is 0 Å². The average molecular weight is 470 g/mol. The fourth-order valence-corrected chi connectivity index (χ4v) is 4.85. The van der Waals surface area contributed by atoms with Crippen molar-refractivity contribution in [2.75, 3.05) is 13.7 Å². The zero-order valence-electron chi connectivity index (χ0n) is 20.0. The van der Waals surface area contributed by atoms with Gasteiger partial charge >= 0.3 is 0 Å². The number of nitrogens with one attached hydrogen (secondary N) is 1. The van der Waals surface area contributed by atoms with Crippen LogP contribution in [0.15, 0.2) is 40.0 Å². The van der Waals surface area contributed by atoms with E-state index in [1.54, 1.807) is 42.4 Å². The number of furan rings is 1. The standard InChI is InChI=1S/C26H35N3O5/c1-28(15-20-11-7-13-33-20)26(32)23-18-29(16-21-12-8-14-34-21)17-22(24(23)30)25(31)27-19-9-5-3-2-4-6-10-19/h7,11,13,17-19,21H,2-6,8-10,12,14-16H2,1H3,(H,27,31)/t21-/m1/s1. The highest BCUT2D eigenvalue weighted by Gasteiger charge is 2.25. The first kappa shape index (κ1) is 24.3. The quantitative estimate of drug-likeness (QED) is 0.667. The summed E-state index contributed by atoms with van der Waals surface area (Å²) in [5, 5.41) is 3.07. The largest absolute Gasteiger partial charge is 0.467 e. The third-order valence-electron chi connectivity index (χ3n) is 6.75. The van der Waals surface area contributed by atoms with Crippen LogP contribution in [0.4, 0.5) is 0 Å². The number of ether oxygens (including phenoxy) is 1. The van der Waals surface area contributed by atoms with Crippen molar-refractivity contribution in [2.45, 2.75) is 83.0 Å². The van der Waals surface area contributed by atoms with E-state index in [1.807, 2.05) is 0 Å². The second-order valence-electron chi connectivity index (χ2n) is 9.50. The Morgan fingerprint density at radius 3 is 2.47 bits per heavy atom. The summed E-state index contributed by atoms with van der Waals surface area (Å²) in [4.78, 5) is 41.2. The zero-order valence-corrected chi connectivity index (χ0v) is 20.0. The van der Waals surface area contributed by atoms with E-state index < -0.39 is 17.2 Å². The highest BCUT2D eigenvalue weighted by atomic mass is 16.5. The molecule has 0 aromatic carbocycles. The van der Waals surface area contributed by atoms with Gasteiger partial charge in [0.05, 0.1) is 18.9 Å². The number of hydrogen-bond donors (Lipinski definition) is 1. The number of rotatable bonds is 7. The normalized spacial score (nSPS) is 19.4. The summed E-state index contributed by atoms with van der Waals surface area (Å²) in [6.45, 7) is 1.43. The van der Waals surface area contributed by atoms with E-state index in [1.165, 1.54) is 24.2 Å². The van der Waals surface area contributed by atoms with Crippen LogP contribution in [0.1, 0.15) is 84.3 Å². The van der Waals surface area contributed by atoms with Gasteiger partial charge in [-0.2, -0.15) is 0 Å². The van der Waals surface area contributed by atoms with Gasteiger partial charge in [0.1, 0.15) is 16.9 Å². The molecule has 1 saturated heterocycles. The number of carbonyl (C=O) groups is 2. The van der Waals surface area contributed by atoms with Gasteiger partial charge in [-0.05, 0) is 37.8 Å². The highest BCUT2D eigenvalue weighted by Crippen LogP contribution is 2.18. The molecule has 1 aliphatic carbocycles. The highest BCUT2D eigenvalue weighted by molar-refractivity contribution is 5.99. The molecule has 1 saturated carbocycles. The van der Waals surface area contributed by atoms with Gasteiger partial charge < -0.3 is 23.9 Å². The minimum absolute atomic E-state index is 0.00724. The fourth-order valence-electron chi connectivity index (χ4n) is 4.85. The predicted octanol–water partition coefficient (Wildman–Crippen LogP) is 3.74. The van der Waals surface area contributed by atoms with Crippen molar-refractivity contribution in [1.29, 1.82) is 0 Å². The van der Waals surface area contributed by atoms with Crippen molar-refractivity contribution < 1.29 is 18.7 Å². The molecule has 2 amide bonds. The lowest BCUT2D eigenvalue weighted by Crippen LogP contribution is -2.40. The lowest BCUT2D eigenvalue weighted by Gasteiger charge is -2.22. The Bertz CT molecular complexity index is 1020. The fraction of sp³-hybridized carbons (Fsp3) is 0.577. The first-order chi connectivity index (χ1) is 16.5. The number of pyridine rings is 1. The predicted molar refractivity (Wildman–Crippen MR) is 128 cm³/mol. The molecule has 3 heterocycles.